The van der Waals surface area contributed by atoms with Crippen LogP contribution in [0.1, 0.15) is 12.2 Å². The predicted molar refractivity (Wildman–Crippen MR) is 72.7 cm³/mol. The third-order valence-corrected chi connectivity index (χ3v) is 2.89. The van der Waals surface area contributed by atoms with Gasteiger partial charge in [0, 0.05) is 16.4 Å². The fourth-order valence-corrected chi connectivity index (χ4v) is 2.00. The molecule has 0 bridgehead atoms. The van der Waals surface area contributed by atoms with Crippen molar-refractivity contribution in [2.24, 2.45) is 0 Å². The van der Waals surface area contributed by atoms with E-state index in [1.807, 2.05) is 25.1 Å². The van der Waals surface area contributed by atoms with Crippen LogP contribution in [0.3, 0.4) is 0 Å². The molecule has 0 aliphatic carbocycles. The van der Waals surface area contributed by atoms with Gasteiger partial charge in [0.05, 0.1) is 11.9 Å². The maximum Gasteiger partial charge on any atom is 0.305 e. The Morgan fingerprint density at radius 3 is 2.94 bits per heavy atom. The highest BCUT2D eigenvalue weighted by atomic mass is 79.9. The maximum atomic E-state index is 10.5. The number of rotatable bonds is 4. The van der Waals surface area contributed by atoms with E-state index in [2.05, 4.69) is 31.2 Å². The summed E-state index contributed by atoms with van der Waals surface area (Å²) in [5.41, 5.74) is 0.837. The number of hydrogen-bond acceptors (Lipinski definition) is 4. The van der Waals surface area contributed by atoms with Gasteiger partial charge in [0.2, 0.25) is 0 Å². The van der Waals surface area contributed by atoms with Crippen LogP contribution in [-0.4, -0.2) is 27.6 Å². The normalized spacial score (nSPS) is 10.6. The van der Waals surface area contributed by atoms with E-state index in [-0.39, 0.29) is 6.42 Å². The molecule has 2 aromatic rings. The monoisotopic (exact) mass is 309 g/mol. The van der Waals surface area contributed by atoms with Crippen LogP contribution < -0.4 is 5.32 Å². The number of aryl methyl sites for hydroxylation is 1. The van der Waals surface area contributed by atoms with Crippen molar-refractivity contribution in [1.29, 1.82) is 0 Å². The summed E-state index contributed by atoms with van der Waals surface area (Å²) < 4.78 is 0.934. The highest BCUT2D eigenvalue weighted by Gasteiger charge is 2.06. The first kappa shape index (κ1) is 12.8. The van der Waals surface area contributed by atoms with Crippen molar-refractivity contribution in [3.05, 3.63) is 28.5 Å². The molecule has 0 aliphatic rings. The van der Waals surface area contributed by atoms with Gasteiger partial charge in [-0.05, 0) is 25.1 Å². The Kier molecular flexibility index (Phi) is 3.76. The van der Waals surface area contributed by atoms with Crippen LogP contribution in [0.5, 0.6) is 0 Å². The number of nitrogens with zero attached hydrogens (tertiary/aromatic N) is 2. The van der Waals surface area contributed by atoms with E-state index >= 15 is 0 Å². The van der Waals surface area contributed by atoms with E-state index in [1.165, 1.54) is 0 Å². The van der Waals surface area contributed by atoms with Crippen molar-refractivity contribution < 1.29 is 9.90 Å². The lowest BCUT2D eigenvalue weighted by Gasteiger charge is -2.09. The van der Waals surface area contributed by atoms with Gasteiger partial charge in [-0.3, -0.25) is 4.79 Å². The lowest BCUT2D eigenvalue weighted by atomic mass is 10.2. The third-order valence-electron chi connectivity index (χ3n) is 2.40. The Hall–Kier alpha value is -1.69. The molecule has 1 heterocycles. The van der Waals surface area contributed by atoms with E-state index in [9.17, 15) is 4.79 Å². The summed E-state index contributed by atoms with van der Waals surface area (Å²) in [5, 5.41) is 12.5. The zero-order chi connectivity index (χ0) is 13.1. The van der Waals surface area contributed by atoms with Gasteiger partial charge in [-0.25, -0.2) is 9.97 Å². The first-order chi connectivity index (χ1) is 8.56. The molecule has 0 aliphatic heterocycles. The molecule has 0 amide bonds. The molecule has 0 saturated heterocycles. The first-order valence-corrected chi connectivity index (χ1v) is 6.25. The highest BCUT2D eigenvalue weighted by Crippen LogP contribution is 2.24. The molecule has 2 rings (SSSR count). The quantitative estimate of drug-likeness (QED) is 0.908. The molecule has 0 atom stereocenters. The van der Waals surface area contributed by atoms with Crippen LogP contribution in [0.25, 0.3) is 10.9 Å². The first-order valence-electron chi connectivity index (χ1n) is 5.46. The topological polar surface area (TPSA) is 75.1 Å². The number of halogens is 1. The molecular weight excluding hydrogens is 298 g/mol. The number of aromatic nitrogens is 2. The van der Waals surface area contributed by atoms with Crippen LogP contribution >= 0.6 is 15.9 Å². The average Bonchev–Trinajstić information content (AvgIpc) is 2.29. The molecule has 94 valence electrons. The van der Waals surface area contributed by atoms with Gasteiger partial charge in [-0.15, -0.1) is 0 Å². The predicted octanol–water partition coefficient (Wildman–Crippen LogP) is 2.59. The minimum absolute atomic E-state index is 0.0541. The van der Waals surface area contributed by atoms with E-state index in [0.717, 1.165) is 15.4 Å². The molecular formula is C12H12BrN3O2. The Morgan fingerprint density at radius 2 is 2.22 bits per heavy atom. The Labute approximate surface area is 112 Å². The van der Waals surface area contributed by atoms with Crippen LogP contribution in [0.2, 0.25) is 0 Å². The summed E-state index contributed by atoms with van der Waals surface area (Å²) in [5.74, 6) is 0.487. The minimum atomic E-state index is -0.834. The van der Waals surface area contributed by atoms with Gasteiger partial charge in [-0.2, -0.15) is 0 Å². The summed E-state index contributed by atoms with van der Waals surface area (Å²) in [6.07, 6.45) is 0.0541. The van der Waals surface area contributed by atoms with Crippen molar-refractivity contribution in [3.8, 4) is 0 Å². The van der Waals surface area contributed by atoms with Crippen molar-refractivity contribution in [3.63, 3.8) is 0 Å². The largest absolute Gasteiger partial charge is 0.481 e. The molecule has 1 aromatic heterocycles. The second-order valence-corrected chi connectivity index (χ2v) is 4.77. The second kappa shape index (κ2) is 5.30. The molecule has 0 spiro atoms. The molecule has 0 radical (unpaired) electrons. The van der Waals surface area contributed by atoms with Crippen molar-refractivity contribution >= 4 is 38.6 Å². The van der Waals surface area contributed by atoms with Gasteiger partial charge in [0.25, 0.3) is 0 Å². The number of anilines is 1. The van der Waals surface area contributed by atoms with Gasteiger partial charge >= 0.3 is 5.97 Å². The van der Waals surface area contributed by atoms with E-state index in [4.69, 9.17) is 5.11 Å². The number of hydrogen-bond donors (Lipinski definition) is 2. The van der Waals surface area contributed by atoms with Gasteiger partial charge in [0.1, 0.15) is 11.6 Å². The number of benzene rings is 1. The molecule has 5 nitrogen and oxygen atoms in total. The molecule has 18 heavy (non-hydrogen) atoms. The average molecular weight is 310 g/mol. The van der Waals surface area contributed by atoms with Crippen molar-refractivity contribution in [2.75, 3.05) is 11.9 Å². The van der Waals surface area contributed by atoms with E-state index < -0.39 is 5.97 Å². The highest BCUT2D eigenvalue weighted by molar-refractivity contribution is 9.10. The fourth-order valence-electron chi connectivity index (χ4n) is 1.64. The number of fused-ring (bicyclic) bond motifs is 1. The molecule has 0 saturated carbocycles. The van der Waals surface area contributed by atoms with Crippen molar-refractivity contribution in [1.82, 2.24) is 9.97 Å². The number of aliphatic carboxylic acids is 1. The molecule has 2 N–H and O–H groups in total. The summed E-state index contributed by atoms with van der Waals surface area (Å²) in [6, 6.07) is 5.73. The number of nitrogens with one attached hydrogen (secondary N) is 1. The molecule has 0 unspecified atom stereocenters. The third kappa shape index (κ3) is 2.95. The van der Waals surface area contributed by atoms with Crippen LogP contribution in [0, 0.1) is 6.92 Å². The number of carbonyl (C=O) groups is 1. The molecule has 6 heteroatoms. The van der Waals surface area contributed by atoms with E-state index in [1.54, 1.807) is 0 Å². The SMILES string of the molecule is Cc1nc(NCCC(=O)O)c2cc(Br)ccc2n1. The lowest BCUT2D eigenvalue weighted by Crippen LogP contribution is -2.09. The van der Waals surface area contributed by atoms with Gasteiger partial charge < -0.3 is 10.4 Å². The zero-order valence-electron chi connectivity index (χ0n) is 9.77. The van der Waals surface area contributed by atoms with Crippen LogP contribution in [0.4, 0.5) is 5.82 Å². The summed E-state index contributed by atoms with van der Waals surface area (Å²) in [4.78, 5) is 19.1. The maximum absolute atomic E-state index is 10.5. The van der Waals surface area contributed by atoms with Gasteiger partial charge in [-0.1, -0.05) is 15.9 Å². The number of carboxylic acids is 1. The molecule has 0 fully saturated rings. The van der Waals surface area contributed by atoms with E-state index in [0.29, 0.717) is 18.2 Å². The standard InChI is InChI=1S/C12H12BrN3O2/c1-7-15-10-3-2-8(13)6-9(10)12(16-7)14-5-4-11(17)18/h2-3,6H,4-5H2,1H3,(H,17,18)(H,14,15,16). The molecule has 1 aromatic carbocycles. The Balaban J connectivity index is 2.35. The number of carboxylic acid groups (broad SMARTS) is 1. The van der Waals surface area contributed by atoms with Crippen molar-refractivity contribution in [2.45, 2.75) is 13.3 Å². The second-order valence-electron chi connectivity index (χ2n) is 3.85. The Morgan fingerprint density at radius 1 is 1.44 bits per heavy atom. The lowest BCUT2D eigenvalue weighted by molar-refractivity contribution is -0.136. The van der Waals surface area contributed by atoms with Crippen LogP contribution in [0.15, 0.2) is 22.7 Å². The minimum Gasteiger partial charge on any atom is -0.481 e. The fraction of sp³-hybridized carbons (Fsp3) is 0.250. The van der Waals surface area contributed by atoms with Gasteiger partial charge in [0.15, 0.2) is 0 Å². The van der Waals surface area contributed by atoms with Crippen LogP contribution in [-0.2, 0) is 4.79 Å². The zero-order valence-corrected chi connectivity index (χ0v) is 11.4. The Bertz CT molecular complexity index is 601. The summed E-state index contributed by atoms with van der Waals surface area (Å²) >= 11 is 3.40. The summed E-state index contributed by atoms with van der Waals surface area (Å²) in [6.45, 7) is 2.15. The summed E-state index contributed by atoms with van der Waals surface area (Å²) in [7, 11) is 0. The smallest absolute Gasteiger partial charge is 0.305 e.